The molecule has 0 aliphatic carbocycles. The van der Waals surface area contributed by atoms with Gasteiger partial charge < -0.3 is 10.2 Å². The number of benzene rings is 1. The molecule has 0 saturated carbocycles. The SMILES string of the molecule is CC[C@H](c1ccccc1)[C@H]1CCCN1C(=O)[C@H]1CCC(=O)N1. The van der Waals surface area contributed by atoms with E-state index < -0.39 is 0 Å². The molecule has 1 aromatic rings. The molecule has 0 spiro atoms. The van der Waals surface area contributed by atoms with Crippen molar-refractivity contribution in [1.29, 1.82) is 0 Å². The van der Waals surface area contributed by atoms with Gasteiger partial charge in [-0.1, -0.05) is 37.3 Å². The standard InChI is InChI=1S/C18H24N2O2/c1-2-14(13-7-4-3-5-8-13)16-9-6-12-20(16)18(22)15-10-11-17(21)19-15/h3-5,7-8,14-16H,2,6,9-12H2,1H3,(H,19,21)/t14-,15-,16-/m1/s1. The number of hydrogen-bond donors (Lipinski definition) is 1. The van der Waals surface area contributed by atoms with Crippen LogP contribution in [0.25, 0.3) is 0 Å². The predicted octanol–water partition coefficient (Wildman–Crippen LogP) is 2.45. The van der Waals surface area contributed by atoms with Crippen LogP contribution in [0.15, 0.2) is 30.3 Å². The van der Waals surface area contributed by atoms with Gasteiger partial charge in [-0.15, -0.1) is 0 Å². The van der Waals surface area contributed by atoms with Crippen LogP contribution in [0, 0.1) is 0 Å². The van der Waals surface area contributed by atoms with Crippen molar-refractivity contribution in [3.63, 3.8) is 0 Å². The van der Waals surface area contributed by atoms with Crippen molar-refractivity contribution in [2.24, 2.45) is 0 Å². The molecule has 1 N–H and O–H groups in total. The highest BCUT2D eigenvalue weighted by Crippen LogP contribution is 2.34. The van der Waals surface area contributed by atoms with Crippen LogP contribution >= 0.6 is 0 Å². The molecule has 22 heavy (non-hydrogen) atoms. The molecule has 2 saturated heterocycles. The lowest BCUT2D eigenvalue weighted by Crippen LogP contribution is -2.48. The van der Waals surface area contributed by atoms with Gasteiger partial charge in [0.1, 0.15) is 6.04 Å². The number of likely N-dealkylation sites (tertiary alicyclic amines) is 1. The Balaban J connectivity index is 1.77. The molecule has 118 valence electrons. The molecule has 0 unspecified atom stereocenters. The molecule has 0 radical (unpaired) electrons. The molecule has 3 atom stereocenters. The van der Waals surface area contributed by atoms with E-state index in [2.05, 4.69) is 36.5 Å². The Kier molecular flexibility index (Phi) is 4.46. The lowest BCUT2D eigenvalue weighted by Gasteiger charge is -2.33. The third kappa shape index (κ3) is 2.87. The average molecular weight is 300 g/mol. The minimum absolute atomic E-state index is 0.00389. The van der Waals surface area contributed by atoms with E-state index in [4.69, 9.17) is 0 Å². The zero-order valence-corrected chi connectivity index (χ0v) is 13.1. The number of rotatable bonds is 4. The Morgan fingerprint density at radius 2 is 2.09 bits per heavy atom. The van der Waals surface area contributed by atoms with Gasteiger partial charge in [0, 0.05) is 24.9 Å². The van der Waals surface area contributed by atoms with Crippen LogP contribution in [0.3, 0.4) is 0 Å². The van der Waals surface area contributed by atoms with Gasteiger partial charge >= 0.3 is 0 Å². The summed E-state index contributed by atoms with van der Waals surface area (Å²) in [5, 5.41) is 2.82. The molecule has 4 nitrogen and oxygen atoms in total. The van der Waals surface area contributed by atoms with Crippen molar-refractivity contribution in [2.45, 2.75) is 57.0 Å². The number of nitrogens with one attached hydrogen (secondary N) is 1. The van der Waals surface area contributed by atoms with E-state index in [0.717, 1.165) is 25.8 Å². The molecule has 0 bridgehead atoms. The van der Waals surface area contributed by atoms with Gasteiger partial charge in [-0.2, -0.15) is 0 Å². The first kappa shape index (κ1) is 15.1. The fourth-order valence-corrected chi connectivity index (χ4v) is 3.91. The number of carbonyl (C=O) groups excluding carboxylic acids is 2. The van der Waals surface area contributed by atoms with Crippen molar-refractivity contribution in [3.8, 4) is 0 Å². The summed E-state index contributed by atoms with van der Waals surface area (Å²) in [5.74, 6) is 0.497. The summed E-state index contributed by atoms with van der Waals surface area (Å²) in [7, 11) is 0. The van der Waals surface area contributed by atoms with E-state index in [1.165, 1.54) is 5.56 Å². The van der Waals surface area contributed by atoms with E-state index in [9.17, 15) is 9.59 Å². The van der Waals surface area contributed by atoms with Gasteiger partial charge in [0.2, 0.25) is 11.8 Å². The number of nitrogens with zero attached hydrogens (tertiary/aromatic N) is 1. The summed E-state index contributed by atoms with van der Waals surface area (Å²) in [6.07, 6.45) is 4.25. The van der Waals surface area contributed by atoms with Gasteiger partial charge in [-0.05, 0) is 31.2 Å². The summed E-state index contributed by atoms with van der Waals surface area (Å²) < 4.78 is 0. The monoisotopic (exact) mass is 300 g/mol. The first-order chi connectivity index (χ1) is 10.7. The fourth-order valence-electron chi connectivity index (χ4n) is 3.91. The molecule has 2 aliphatic rings. The summed E-state index contributed by atoms with van der Waals surface area (Å²) in [6.45, 7) is 3.01. The fraction of sp³-hybridized carbons (Fsp3) is 0.556. The molecular weight excluding hydrogens is 276 g/mol. The van der Waals surface area contributed by atoms with Crippen molar-refractivity contribution >= 4 is 11.8 Å². The second kappa shape index (κ2) is 6.51. The Hall–Kier alpha value is -1.84. The maximum atomic E-state index is 12.8. The van der Waals surface area contributed by atoms with E-state index in [0.29, 0.717) is 18.8 Å². The lowest BCUT2D eigenvalue weighted by molar-refractivity contribution is -0.135. The highest BCUT2D eigenvalue weighted by Gasteiger charge is 2.39. The normalized spacial score (nSPS) is 26.0. The molecule has 3 rings (SSSR count). The molecule has 1 aromatic carbocycles. The minimum Gasteiger partial charge on any atom is -0.344 e. The average Bonchev–Trinajstić information content (AvgIpc) is 3.18. The van der Waals surface area contributed by atoms with Crippen LogP contribution in [0.5, 0.6) is 0 Å². The van der Waals surface area contributed by atoms with Gasteiger partial charge in [0.05, 0.1) is 0 Å². The van der Waals surface area contributed by atoms with E-state index in [1.54, 1.807) is 0 Å². The van der Waals surface area contributed by atoms with Crippen LogP contribution in [-0.2, 0) is 9.59 Å². The zero-order chi connectivity index (χ0) is 15.5. The molecule has 0 aromatic heterocycles. The highest BCUT2D eigenvalue weighted by molar-refractivity contribution is 5.91. The molecule has 2 heterocycles. The van der Waals surface area contributed by atoms with Gasteiger partial charge in [-0.3, -0.25) is 9.59 Å². The molecule has 2 aliphatic heterocycles. The molecule has 2 fully saturated rings. The largest absolute Gasteiger partial charge is 0.344 e. The highest BCUT2D eigenvalue weighted by atomic mass is 16.2. The van der Waals surface area contributed by atoms with Crippen molar-refractivity contribution in [1.82, 2.24) is 10.2 Å². The minimum atomic E-state index is -0.304. The lowest BCUT2D eigenvalue weighted by atomic mass is 9.87. The van der Waals surface area contributed by atoms with Crippen molar-refractivity contribution in [2.75, 3.05) is 6.54 Å². The van der Waals surface area contributed by atoms with Crippen molar-refractivity contribution in [3.05, 3.63) is 35.9 Å². The number of carbonyl (C=O) groups is 2. The number of amides is 2. The Morgan fingerprint density at radius 3 is 2.73 bits per heavy atom. The second-order valence-corrected chi connectivity index (χ2v) is 6.33. The smallest absolute Gasteiger partial charge is 0.245 e. The summed E-state index contributed by atoms with van der Waals surface area (Å²) >= 11 is 0. The van der Waals surface area contributed by atoms with E-state index in [1.807, 2.05) is 11.0 Å². The summed E-state index contributed by atoms with van der Waals surface area (Å²) in [4.78, 5) is 26.2. The first-order valence-corrected chi connectivity index (χ1v) is 8.35. The van der Waals surface area contributed by atoms with E-state index in [-0.39, 0.29) is 23.9 Å². The maximum absolute atomic E-state index is 12.8. The topological polar surface area (TPSA) is 49.4 Å². The zero-order valence-electron chi connectivity index (χ0n) is 13.1. The van der Waals surface area contributed by atoms with Gasteiger partial charge in [0.25, 0.3) is 0 Å². The van der Waals surface area contributed by atoms with Crippen LogP contribution in [0.1, 0.15) is 50.5 Å². The van der Waals surface area contributed by atoms with Crippen LogP contribution in [0.4, 0.5) is 0 Å². The number of hydrogen-bond acceptors (Lipinski definition) is 2. The summed E-state index contributed by atoms with van der Waals surface area (Å²) in [5.41, 5.74) is 1.31. The predicted molar refractivity (Wildman–Crippen MR) is 85.4 cm³/mol. The molecule has 4 heteroatoms. The maximum Gasteiger partial charge on any atom is 0.245 e. The quantitative estimate of drug-likeness (QED) is 0.928. The van der Waals surface area contributed by atoms with Gasteiger partial charge in [0.15, 0.2) is 0 Å². The third-order valence-corrected chi connectivity index (χ3v) is 5.01. The van der Waals surface area contributed by atoms with Crippen LogP contribution in [0.2, 0.25) is 0 Å². The van der Waals surface area contributed by atoms with Crippen molar-refractivity contribution < 1.29 is 9.59 Å². The van der Waals surface area contributed by atoms with E-state index >= 15 is 0 Å². The Morgan fingerprint density at radius 1 is 1.32 bits per heavy atom. The van der Waals surface area contributed by atoms with Gasteiger partial charge in [-0.25, -0.2) is 0 Å². The second-order valence-electron chi connectivity index (χ2n) is 6.33. The Bertz CT molecular complexity index is 543. The van der Waals surface area contributed by atoms with Crippen LogP contribution < -0.4 is 5.32 Å². The Labute approximate surface area is 131 Å². The molecular formula is C18H24N2O2. The third-order valence-electron chi connectivity index (χ3n) is 5.01. The van der Waals surface area contributed by atoms with Crippen LogP contribution in [-0.4, -0.2) is 35.3 Å². The first-order valence-electron chi connectivity index (χ1n) is 8.35. The molecule has 2 amide bonds. The summed E-state index contributed by atoms with van der Waals surface area (Å²) in [6, 6.07) is 10.4.